The maximum atomic E-state index is 12.5. The summed E-state index contributed by atoms with van der Waals surface area (Å²) in [7, 11) is 1.54. The van der Waals surface area contributed by atoms with Gasteiger partial charge in [-0.3, -0.25) is 4.79 Å². The van der Waals surface area contributed by atoms with Crippen molar-refractivity contribution in [2.24, 2.45) is 0 Å². The Morgan fingerprint density at radius 3 is 2.52 bits per heavy atom. The van der Waals surface area contributed by atoms with Crippen LogP contribution in [-0.2, 0) is 11.3 Å². The van der Waals surface area contributed by atoms with Crippen molar-refractivity contribution in [2.75, 3.05) is 18.2 Å². The lowest BCUT2D eigenvalue weighted by molar-refractivity contribution is -0.113. The minimum atomic E-state index is -0.291. The summed E-state index contributed by atoms with van der Waals surface area (Å²) in [6.45, 7) is 8.94. The lowest BCUT2D eigenvalue weighted by atomic mass is 10.0. The van der Waals surface area contributed by atoms with Crippen LogP contribution in [0.25, 0.3) is 0 Å². The van der Waals surface area contributed by atoms with E-state index in [0.29, 0.717) is 39.9 Å². The predicted molar refractivity (Wildman–Crippen MR) is 133 cm³/mol. The number of rotatable bonds is 10. The van der Waals surface area contributed by atoms with Crippen molar-refractivity contribution >= 4 is 35.0 Å². The smallest absolute Gasteiger partial charge is 0.234 e. The monoisotopic (exact) mass is 488 g/mol. The Bertz CT molecular complexity index is 1090. The van der Waals surface area contributed by atoms with Gasteiger partial charge in [0.1, 0.15) is 11.5 Å². The van der Waals surface area contributed by atoms with Gasteiger partial charge < -0.3 is 19.4 Å². The molecule has 0 aliphatic rings. The number of halogens is 1. The minimum absolute atomic E-state index is 0.166. The molecule has 9 heteroatoms. The summed E-state index contributed by atoms with van der Waals surface area (Å²) in [4.78, 5) is 12.5. The molecule has 176 valence electrons. The number of hydrogen-bond donors (Lipinski definition) is 1. The lowest BCUT2D eigenvalue weighted by Gasteiger charge is -2.16. The Labute approximate surface area is 203 Å². The zero-order chi connectivity index (χ0) is 24.0. The Morgan fingerprint density at radius 2 is 1.88 bits per heavy atom. The van der Waals surface area contributed by atoms with Gasteiger partial charge in [0.05, 0.1) is 18.6 Å². The molecule has 0 bridgehead atoms. The first-order valence-electron chi connectivity index (χ1n) is 10.8. The number of anilines is 1. The van der Waals surface area contributed by atoms with Gasteiger partial charge in [0.2, 0.25) is 5.91 Å². The highest BCUT2D eigenvalue weighted by atomic mass is 35.5. The fourth-order valence-corrected chi connectivity index (χ4v) is 4.27. The van der Waals surface area contributed by atoms with E-state index < -0.39 is 0 Å². The fourth-order valence-electron chi connectivity index (χ4n) is 3.29. The maximum absolute atomic E-state index is 12.5. The van der Waals surface area contributed by atoms with Crippen molar-refractivity contribution in [1.82, 2.24) is 14.8 Å². The van der Waals surface area contributed by atoms with Crippen molar-refractivity contribution in [1.29, 1.82) is 0 Å². The van der Waals surface area contributed by atoms with Crippen LogP contribution in [0.5, 0.6) is 11.5 Å². The van der Waals surface area contributed by atoms with E-state index in [1.165, 1.54) is 17.3 Å². The quantitative estimate of drug-likeness (QED) is 0.355. The van der Waals surface area contributed by atoms with E-state index in [4.69, 9.17) is 21.1 Å². The third kappa shape index (κ3) is 6.42. The summed E-state index contributed by atoms with van der Waals surface area (Å²) in [5.74, 6) is 2.48. The molecule has 3 aromatic rings. The maximum Gasteiger partial charge on any atom is 0.234 e. The third-order valence-electron chi connectivity index (χ3n) is 5.05. The second kappa shape index (κ2) is 11.4. The molecule has 3 rings (SSSR count). The van der Waals surface area contributed by atoms with Gasteiger partial charge in [-0.2, -0.15) is 0 Å². The van der Waals surface area contributed by atoms with Crippen LogP contribution in [0, 0.1) is 0 Å². The van der Waals surface area contributed by atoms with Gasteiger partial charge in [-0.25, -0.2) is 0 Å². The summed E-state index contributed by atoms with van der Waals surface area (Å²) in [6.07, 6.45) is -0.291. The molecule has 1 aromatic heterocycles. The molecule has 1 heterocycles. The molecular weight excluding hydrogens is 460 g/mol. The molecule has 0 saturated heterocycles. The first-order valence-corrected chi connectivity index (χ1v) is 12.1. The number of benzene rings is 2. The van der Waals surface area contributed by atoms with Gasteiger partial charge in [-0.05, 0) is 55.7 Å². The molecule has 1 N–H and O–H groups in total. The van der Waals surface area contributed by atoms with Gasteiger partial charge in [-0.15, -0.1) is 10.2 Å². The topological polar surface area (TPSA) is 78.3 Å². The molecule has 0 fully saturated rings. The normalized spacial score (nSPS) is 12.0. The van der Waals surface area contributed by atoms with Crippen LogP contribution in [0.3, 0.4) is 0 Å². The highest BCUT2D eigenvalue weighted by molar-refractivity contribution is 7.99. The van der Waals surface area contributed by atoms with Crippen LogP contribution in [0.15, 0.2) is 47.6 Å². The molecule has 33 heavy (non-hydrogen) atoms. The fraction of sp³-hybridized carbons (Fsp3) is 0.375. The molecule has 0 radical (unpaired) electrons. The minimum Gasteiger partial charge on any atom is -0.495 e. The number of ether oxygens (including phenoxy) is 2. The second-order valence-electron chi connectivity index (χ2n) is 7.75. The molecule has 2 aromatic carbocycles. The van der Waals surface area contributed by atoms with Crippen LogP contribution in [0.1, 0.15) is 51.1 Å². The van der Waals surface area contributed by atoms with E-state index in [0.717, 1.165) is 5.75 Å². The van der Waals surface area contributed by atoms with E-state index in [1.54, 1.807) is 25.3 Å². The van der Waals surface area contributed by atoms with Crippen molar-refractivity contribution in [3.05, 3.63) is 58.9 Å². The number of carbonyl (C=O) groups is 1. The lowest BCUT2D eigenvalue weighted by Crippen LogP contribution is -2.16. The number of carbonyl (C=O) groups excluding carboxylic acids is 1. The summed E-state index contributed by atoms with van der Waals surface area (Å²) in [5, 5.41) is 12.6. The van der Waals surface area contributed by atoms with E-state index in [1.807, 2.05) is 30.5 Å². The highest BCUT2D eigenvalue weighted by Crippen LogP contribution is 2.29. The molecule has 1 atom stereocenters. The number of methoxy groups -OCH3 is 1. The summed E-state index contributed by atoms with van der Waals surface area (Å²) in [6, 6.07) is 13.2. The molecule has 0 saturated carbocycles. The number of nitrogens with one attached hydrogen (secondary N) is 1. The Balaban J connectivity index is 1.64. The van der Waals surface area contributed by atoms with Gasteiger partial charge in [0, 0.05) is 11.6 Å². The first-order chi connectivity index (χ1) is 15.8. The standard InChI is InChI=1S/C24H29ClN4O3S/c1-6-29-23(16(4)32-19-10-7-17(8-11-19)15(2)3)27-28-24(29)33-14-22(30)26-20-13-18(25)9-12-21(20)31-5/h7-13,15-16H,6,14H2,1-5H3,(H,26,30). The van der Waals surface area contributed by atoms with Crippen LogP contribution < -0.4 is 14.8 Å². The average Bonchev–Trinajstić information content (AvgIpc) is 3.21. The highest BCUT2D eigenvalue weighted by Gasteiger charge is 2.20. The predicted octanol–water partition coefficient (Wildman–Crippen LogP) is 5.95. The summed E-state index contributed by atoms with van der Waals surface area (Å²) in [5.41, 5.74) is 1.79. The van der Waals surface area contributed by atoms with Gasteiger partial charge in [0.15, 0.2) is 17.1 Å². The zero-order valence-electron chi connectivity index (χ0n) is 19.5. The Hall–Kier alpha value is -2.71. The SMILES string of the molecule is CCn1c(SCC(=O)Nc2cc(Cl)ccc2OC)nnc1C(C)Oc1ccc(C(C)C)cc1. The molecular formula is C24H29ClN4O3S. The molecule has 7 nitrogen and oxygen atoms in total. The third-order valence-corrected chi connectivity index (χ3v) is 6.25. The van der Waals surface area contributed by atoms with E-state index in [-0.39, 0.29) is 17.8 Å². The van der Waals surface area contributed by atoms with Crippen LogP contribution in [-0.4, -0.2) is 33.5 Å². The Morgan fingerprint density at radius 1 is 1.15 bits per heavy atom. The van der Waals surface area contributed by atoms with Crippen molar-refractivity contribution < 1.29 is 14.3 Å². The second-order valence-corrected chi connectivity index (χ2v) is 9.13. The number of nitrogens with zero attached hydrogens (tertiary/aromatic N) is 3. The van der Waals surface area contributed by atoms with E-state index >= 15 is 0 Å². The van der Waals surface area contributed by atoms with Crippen molar-refractivity contribution in [3.63, 3.8) is 0 Å². The number of hydrogen-bond acceptors (Lipinski definition) is 6. The van der Waals surface area contributed by atoms with Gasteiger partial charge in [0.25, 0.3) is 0 Å². The molecule has 0 spiro atoms. The average molecular weight is 489 g/mol. The van der Waals surface area contributed by atoms with Crippen LogP contribution in [0.2, 0.25) is 5.02 Å². The van der Waals surface area contributed by atoms with Crippen LogP contribution in [0.4, 0.5) is 5.69 Å². The van der Waals surface area contributed by atoms with Gasteiger partial charge in [-0.1, -0.05) is 49.3 Å². The molecule has 1 amide bonds. The number of amides is 1. The van der Waals surface area contributed by atoms with Gasteiger partial charge >= 0.3 is 0 Å². The summed E-state index contributed by atoms with van der Waals surface area (Å²) >= 11 is 7.35. The molecule has 0 aliphatic carbocycles. The van der Waals surface area contributed by atoms with Crippen LogP contribution >= 0.6 is 23.4 Å². The van der Waals surface area contributed by atoms with E-state index in [2.05, 4.69) is 41.5 Å². The molecule has 0 aliphatic heterocycles. The first kappa shape index (κ1) is 24.9. The molecule has 1 unspecified atom stereocenters. The van der Waals surface area contributed by atoms with E-state index in [9.17, 15) is 4.79 Å². The van der Waals surface area contributed by atoms with Crippen molar-refractivity contribution in [2.45, 2.75) is 51.4 Å². The van der Waals surface area contributed by atoms with Crippen molar-refractivity contribution in [3.8, 4) is 11.5 Å². The largest absolute Gasteiger partial charge is 0.495 e. The summed E-state index contributed by atoms with van der Waals surface area (Å²) < 4.78 is 13.3. The zero-order valence-corrected chi connectivity index (χ0v) is 21.0. The Kier molecular flexibility index (Phi) is 8.63. The number of aromatic nitrogens is 3. The number of thioether (sulfide) groups is 1.